The van der Waals surface area contributed by atoms with Crippen molar-refractivity contribution in [3.63, 3.8) is 0 Å². The number of thiazole rings is 1. The highest BCUT2D eigenvalue weighted by Crippen LogP contribution is 2.37. The molecule has 3 rings (SSSR count). The number of anilines is 1. The van der Waals surface area contributed by atoms with Crippen molar-refractivity contribution in [2.24, 2.45) is 0 Å². The molecule has 7 nitrogen and oxygen atoms in total. The Labute approximate surface area is 174 Å². The standard InChI is InChI=1S/C16H16ClN3O4S3/c17-13-10(26-15(18-13)19-6-3-9(21)4-7-19)8-11-14(24)20(16(25)27-11)5-1-2-12(22)23/h8H,1-7H2,(H,22,23)/b11-8+. The van der Waals surface area contributed by atoms with Gasteiger partial charge in [-0.1, -0.05) is 46.9 Å². The van der Waals surface area contributed by atoms with E-state index < -0.39 is 5.97 Å². The summed E-state index contributed by atoms with van der Waals surface area (Å²) < 4.78 is 0.409. The van der Waals surface area contributed by atoms with Gasteiger partial charge in [-0.3, -0.25) is 19.3 Å². The monoisotopic (exact) mass is 445 g/mol. The zero-order valence-electron chi connectivity index (χ0n) is 14.1. The number of carboxylic acid groups (broad SMARTS) is 1. The molecule has 0 spiro atoms. The van der Waals surface area contributed by atoms with Gasteiger partial charge in [0.15, 0.2) is 5.13 Å². The molecule has 2 aliphatic rings. The summed E-state index contributed by atoms with van der Waals surface area (Å²) in [6.45, 7) is 1.51. The molecule has 27 heavy (non-hydrogen) atoms. The second-order valence-corrected chi connectivity index (χ2v) is 9.05. The molecule has 0 saturated carbocycles. The van der Waals surface area contributed by atoms with Crippen molar-refractivity contribution in [2.45, 2.75) is 25.7 Å². The Kier molecular flexibility index (Phi) is 6.51. The molecular weight excluding hydrogens is 430 g/mol. The molecule has 1 aromatic heterocycles. The summed E-state index contributed by atoms with van der Waals surface area (Å²) in [6.07, 6.45) is 3.00. The minimum absolute atomic E-state index is 0.0154. The van der Waals surface area contributed by atoms with E-state index in [0.29, 0.717) is 51.6 Å². The lowest BCUT2D eigenvalue weighted by atomic mass is 10.1. The summed E-state index contributed by atoms with van der Waals surface area (Å²) in [4.78, 5) is 43.5. The molecule has 1 N–H and O–H groups in total. The maximum atomic E-state index is 12.5. The van der Waals surface area contributed by atoms with Crippen LogP contribution in [0.4, 0.5) is 5.13 Å². The van der Waals surface area contributed by atoms with E-state index >= 15 is 0 Å². The fourth-order valence-corrected chi connectivity index (χ4v) is 5.29. The minimum Gasteiger partial charge on any atom is -0.481 e. The first-order valence-corrected chi connectivity index (χ1v) is 10.7. The zero-order valence-corrected chi connectivity index (χ0v) is 17.3. The third-order valence-corrected chi connectivity index (χ3v) is 6.94. The summed E-state index contributed by atoms with van der Waals surface area (Å²) in [5.41, 5.74) is 0. The number of aliphatic carboxylic acids is 1. The van der Waals surface area contributed by atoms with Gasteiger partial charge in [-0.25, -0.2) is 4.98 Å². The van der Waals surface area contributed by atoms with Crippen LogP contribution in [-0.4, -0.2) is 56.6 Å². The molecule has 2 fully saturated rings. The summed E-state index contributed by atoms with van der Waals surface area (Å²) >= 11 is 14.0. The van der Waals surface area contributed by atoms with E-state index in [0.717, 1.165) is 5.13 Å². The third-order valence-electron chi connectivity index (χ3n) is 4.10. The number of ketones is 1. The predicted octanol–water partition coefficient (Wildman–Crippen LogP) is 3.03. The van der Waals surface area contributed by atoms with E-state index in [-0.39, 0.29) is 24.7 Å². The Balaban J connectivity index is 1.71. The van der Waals surface area contributed by atoms with Crippen molar-refractivity contribution < 1.29 is 19.5 Å². The normalized spacial score (nSPS) is 19.4. The number of hydrogen-bond donors (Lipinski definition) is 1. The molecule has 0 unspecified atom stereocenters. The molecule has 2 aliphatic heterocycles. The van der Waals surface area contributed by atoms with Crippen LogP contribution >= 0.6 is 46.9 Å². The summed E-state index contributed by atoms with van der Waals surface area (Å²) in [6, 6.07) is 0. The predicted molar refractivity (Wildman–Crippen MR) is 110 cm³/mol. The Bertz CT molecular complexity index is 829. The van der Waals surface area contributed by atoms with E-state index in [1.165, 1.54) is 28.0 Å². The fourth-order valence-electron chi connectivity index (χ4n) is 2.67. The molecule has 3 heterocycles. The van der Waals surface area contributed by atoms with Crippen molar-refractivity contribution >= 4 is 80.1 Å². The zero-order chi connectivity index (χ0) is 19.6. The summed E-state index contributed by atoms with van der Waals surface area (Å²) in [5, 5.41) is 9.77. The van der Waals surface area contributed by atoms with Crippen LogP contribution in [0.25, 0.3) is 6.08 Å². The van der Waals surface area contributed by atoms with Gasteiger partial charge in [-0.15, -0.1) is 0 Å². The van der Waals surface area contributed by atoms with Gasteiger partial charge in [-0.05, 0) is 12.5 Å². The number of amides is 1. The molecule has 0 radical (unpaired) electrons. The fraction of sp³-hybridized carbons (Fsp3) is 0.438. The molecule has 144 valence electrons. The van der Waals surface area contributed by atoms with Gasteiger partial charge in [0.25, 0.3) is 5.91 Å². The topological polar surface area (TPSA) is 90.8 Å². The second-order valence-electron chi connectivity index (χ2n) is 6.01. The number of piperidine rings is 1. The number of aromatic nitrogens is 1. The number of Topliss-reactive ketones (excluding diaryl/α,β-unsaturated/α-hetero) is 1. The van der Waals surface area contributed by atoms with Crippen LogP contribution in [0.5, 0.6) is 0 Å². The highest BCUT2D eigenvalue weighted by molar-refractivity contribution is 8.26. The first-order chi connectivity index (χ1) is 12.8. The van der Waals surface area contributed by atoms with E-state index in [9.17, 15) is 14.4 Å². The highest BCUT2D eigenvalue weighted by Gasteiger charge is 2.32. The smallest absolute Gasteiger partial charge is 0.303 e. The van der Waals surface area contributed by atoms with Gasteiger partial charge in [0.2, 0.25) is 0 Å². The van der Waals surface area contributed by atoms with E-state index in [1.54, 1.807) is 6.08 Å². The maximum absolute atomic E-state index is 12.5. The van der Waals surface area contributed by atoms with Crippen molar-refractivity contribution in [1.82, 2.24) is 9.88 Å². The molecule has 0 atom stereocenters. The molecule has 2 saturated heterocycles. The summed E-state index contributed by atoms with van der Waals surface area (Å²) in [5.74, 6) is -0.898. The van der Waals surface area contributed by atoms with Crippen LogP contribution in [0.1, 0.15) is 30.6 Å². The van der Waals surface area contributed by atoms with Crippen LogP contribution in [0.3, 0.4) is 0 Å². The van der Waals surface area contributed by atoms with Crippen LogP contribution in [-0.2, 0) is 14.4 Å². The van der Waals surface area contributed by atoms with Crippen LogP contribution in [0.2, 0.25) is 5.15 Å². The molecule has 0 aliphatic carbocycles. The summed E-state index contributed by atoms with van der Waals surface area (Å²) in [7, 11) is 0. The second kappa shape index (κ2) is 8.68. The maximum Gasteiger partial charge on any atom is 0.303 e. The van der Waals surface area contributed by atoms with Crippen molar-refractivity contribution in [3.8, 4) is 0 Å². The Morgan fingerprint density at radius 1 is 1.33 bits per heavy atom. The number of halogens is 1. The van der Waals surface area contributed by atoms with Crippen molar-refractivity contribution in [1.29, 1.82) is 0 Å². The van der Waals surface area contributed by atoms with Gasteiger partial charge < -0.3 is 10.0 Å². The Morgan fingerprint density at radius 2 is 2.04 bits per heavy atom. The lowest BCUT2D eigenvalue weighted by molar-refractivity contribution is -0.137. The van der Waals surface area contributed by atoms with Gasteiger partial charge in [0, 0.05) is 38.9 Å². The molecular formula is C16H16ClN3O4S3. The lowest BCUT2D eigenvalue weighted by Gasteiger charge is -2.25. The number of carbonyl (C=O) groups is 3. The SMILES string of the molecule is O=C(O)CCCN1C(=O)/C(=C\c2sc(N3CCC(=O)CC3)nc2Cl)SC1=S. The van der Waals surface area contributed by atoms with Crippen LogP contribution < -0.4 is 4.90 Å². The number of rotatable bonds is 6. The first-order valence-electron chi connectivity index (χ1n) is 8.25. The lowest BCUT2D eigenvalue weighted by Crippen LogP contribution is -2.33. The van der Waals surface area contributed by atoms with Gasteiger partial charge in [-0.2, -0.15) is 0 Å². The average molecular weight is 446 g/mol. The van der Waals surface area contributed by atoms with Gasteiger partial charge >= 0.3 is 5.97 Å². The first kappa shape index (κ1) is 20.2. The molecule has 0 aromatic carbocycles. The molecule has 0 bridgehead atoms. The number of carboxylic acids is 1. The van der Waals surface area contributed by atoms with E-state index in [2.05, 4.69) is 4.98 Å². The molecule has 1 amide bonds. The largest absolute Gasteiger partial charge is 0.481 e. The number of hydrogen-bond acceptors (Lipinski definition) is 8. The van der Waals surface area contributed by atoms with Crippen LogP contribution in [0.15, 0.2) is 4.91 Å². The number of carbonyl (C=O) groups excluding carboxylic acids is 2. The Morgan fingerprint density at radius 3 is 2.70 bits per heavy atom. The quantitative estimate of drug-likeness (QED) is 0.527. The highest BCUT2D eigenvalue weighted by atomic mass is 35.5. The number of thioether (sulfide) groups is 1. The minimum atomic E-state index is -0.903. The van der Waals surface area contributed by atoms with E-state index in [4.69, 9.17) is 28.9 Å². The molecule has 1 aromatic rings. The van der Waals surface area contributed by atoms with E-state index in [1.807, 2.05) is 4.90 Å². The van der Waals surface area contributed by atoms with Crippen molar-refractivity contribution in [2.75, 3.05) is 24.5 Å². The average Bonchev–Trinajstić information content (AvgIpc) is 3.10. The van der Waals surface area contributed by atoms with Crippen molar-refractivity contribution in [3.05, 3.63) is 14.9 Å². The van der Waals surface area contributed by atoms with Crippen LogP contribution in [0, 0.1) is 0 Å². The van der Waals surface area contributed by atoms with Gasteiger partial charge in [0.1, 0.15) is 15.3 Å². The molecule has 11 heteroatoms. The number of thiocarbonyl (C=S) groups is 1. The third kappa shape index (κ3) is 4.87. The Hall–Kier alpha value is -1.49. The number of nitrogens with zero attached hydrogens (tertiary/aromatic N) is 3. The van der Waals surface area contributed by atoms with Gasteiger partial charge in [0.05, 0.1) is 9.78 Å².